The molecule has 0 aliphatic heterocycles. The third-order valence-corrected chi connectivity index (χ3v) is 8.42. The Morgan fingerprint density at radius 3 is 1.63 bits per heavy atom. The van der Waals surface area contributed by atoms with E-state index < -0.39 is 10.1 Å². The lowest BCUT2D eigenvalue weighted by molar-refractivity contribution is -0.117. The quantitative estimate of drug-likeness (QED) is 0.127. The average Bonchev–Trinajstić information content (AvgIpc) is 2.94. The molecule has 2 aromatic carbocycles. The van der Waals surface area contributed by atoms with Gasteiger partial charge in [-0.2, -0.15) is 8.42 Å². The normalized spacial score (nSPS) is 11.3. The zero-order valence-corrected chi connectivity index (χ0v) is 27.2. The van der Waals surface area contributed by atoms with Crippen molar-refractivity contribution in [2.45, 2.75) is 123 Å². The van der Waals surface area contributed by atoms with Gasteiger partial charge in [-0.25, -0.2) is 0 Å². The summed E-state index contributed by atoms with van der Waals surface area (Å²) in [4.78, 5) is 14.0. The number of amides is 1. The second-order valence-corrected chi connectivity index (χ2v) is 12.5. The maximum Gasteiger partial charge on any atom is 0.294 e. The number of carbonyl (C=O) groups is 1. The lowest BCUT2D eigenvalue weighted by Crippen LogP contribution is -2.33. The minimum absolute atomic E-state index is 0.0269. The molecule has 0 aliphatic carbocycles. The van der Waals surface area contributed by atoms with E-state index in [1.54, 1.807) is 12.1 Å². The van der Waals surface area contributed by atoms with Crippen LogP contribution in [0, 0.1) is 13.8 Å². The molecule has 0 bridgehead atoms. The first-order valence-electron chi connectivity index (χ1n) is 15.8. The van der Waals surface area contributed by atoms with E-state index in [2.05, 4.69) is 31.0 Å². The molecule has 232 valence electrons. The van der Waals surface area contributed by atoms with Crippen LogP contribution in [-0.4, -0.2) is 43.4 Å². The van der Waals surface area contributed by atoms with Crippen LogP contribution >= 0.6 is 0 Å². The molecular weight excluding hydrogens is 532 g/mol. The number of rotatable bonds is 19. The Labute approximate surface area is 251 Å². The highest BCUT2D eigenvalue weighted by Crippen LogP contribution is 2.19. The van der Waals surface area contributed by atoms with Crippen molar-refractivity contribution >= 4 is 21.7 Å². The molecule has 2 N–H and O–H groups in total. The molecule has 2 aromatic rings. The summed E-state index contributed by atoms with van der Waals surface area (Å²) < 4.78 is 30.9. The van der Waals surface area contributed by atoms with Crippen molar-refractivity contribution in [3.63, 3.8) is 0 Å². The molecule has 0 radical (unpaired) electrons. The van der Waals surface area contributed by atoms with Gasteiger partial charge in [0, 0.05) is 5.69 Å². The van der Waals surface area contributed by atoms with E-state index in [1.807, 2.05) is 32.0 Å². The van der Waals surface area contributed by atoms with Crippen molar-refractivity contribution in [2.24, 2.45) is 0 Å². The van der Waals surface area contributed by atoms with Crippen molar-refractivity contribution in [3.8, 4) is 0 Å². The van der Waals surface area contributed by atoms with Gasteiger partial charge in [0.05, 0.1) is 11.4 Å². The number of nitrogens with one attached hydrogen (secondary N) is 1. The van der Waals surface area contributed by atoms with E-state index in [-0.39, 0.29) is 10.8 Å². The Morgan fingerprint density at radius 2 is 1.20 bits per heavy atom. The van der Waals surface area contributed by atoms with Gasteiger partial charge in [-0.05, 0) is 68.6 Å². The molecule has 0 heterocycles. The molecule has 1 amide bonds. The SMILES string of the molecule is CCCCCCCCCCCCCCc1ccc(S(=O)(=O)O)cc1.CCN(CC)CC(=O)Nc1c(C)cccc1C. The van der Waals surface area contributed by atoms with Crippen molar-refractivity contribution in [3.05, 3.63) is 59.2 Å². The predicted molar refractivity (Wildman–Crippen MR) is 173 cm³/mol. The number of hydrogen-bond donors (Lipinski definition) is 2. The van der Waals surface area contributed by atoms with Crippen LogP contribution in [0.3, 0.4) is 0 Å². The fourth-order valence-corrected chi connectivity index (χ4v) is 5.32. The number of hydrogen-bond acceptors (Lipinski definition) is 4. The number of aryl methyl sites for hydroxylation is 3. The van der Waals surface area contributed by atoms with E-state index in [0.29, 0.717) is 6.54 Å². The van der Waals surface area contributed by atoms with Gasteiger partial charge in [-0.15, -0.1) is 0 Å². The van der Waals surface area contributed by atoms with Crippen molar-refractivity contribution in [2.75, 3.05) is 25.0 Å². The Balaban J connectivity index is 0.000000435. The van der Waals surface area contributed by atoms with Gasteiger partial charge < -0.3 is 5.32 Å². The van der Waals surface area contributed by atoms with Gasteiger partial charge in [-0.1, -0.05) is 122 Å². The number of likely N-dealkylation sites (N-methyl/N-ethyl adjacent to an activating group) is 1. The number of anilines is 1. The Hall–Kier alpha value is -2.22. The number of carbonyl (C=O) groups excluding carboxylic acids is 1. The van der Waals surface area contributed by atoms with Crippen molar-refractivity contribution in [1.82, 2.24) is 4.90 Å². The number of para-hydroxylation sites is 1. The van der Waals surface area contributed by atoms with Crippen LogP contribution in [0.5, 0.6) is 0 Å². The molecule has 6 nitrogen and oxygen atoms in total. The largest absolute Gasteiger partial charge is 0.324 e. The van der Waals surface area contributed by atoms with Crippen LogP contribution in [0.2, 0.25) is 0 Å². The molecule has 2 rings (SSSR count). The monoisotopic (exact) mass is 588 g/mol. The Morgan fingerprint density at radius 1 is 0.732 bits per heavy atom. The Kier molecular flexibility index (Phi) is 19.3. The molecular formula is C34H56N2O4S. The van der Waals surface area contributed by atoms with Crippen LogP contribution < -0.4 is 5.32 Å². The molecule has 41 heavy (non-hydrogen) atoms. The first kappa shape index (κ1) is 36.8. The van der Waals surface area contributed by atoms with E-state index in [4.69, 9.17) is 4.55 Å². The fourth-order valence-electron chi connectivity index (χ4n) is 4.84. The minimum atomic E-state index is -4.07. The predicted octanol–water partition coefficient (Wildman–Crippen LogP) is 8.76. The summed E-state index contributed by atoms with van der Waals surface area (Å²) in [6, 6.07) is 12.6. The van der Waals surface area contributed by atoms with Gasteiger partial charge in [0.15, 0.2) is 0 Å². The molecule has 0 saturated heterocycles. The third-order valence-electron chi connectivity index (χ3n) is 7.55. The van der Waals surface area contributed by atoms with Gasteiger partial charge in [0.25, 0.3) is 10.1 Å². The third kappa shape index (κ3) is 16.7. The maximum absolute atomic E-state index is 11.9. The van der Waals surface area contributed by atoms with Crippen LogP contribution in [0.1, 0.15) is 115 Å². The van der Waals surface area contributed by atoms with Gasteiger partial charge in [-0.3, -0.25) is 14.2 Å². The fraction of sp³-hybridized carbons (Fsp3) is 0.618. The summed E-state index contributed by atoms with van der Waals surface area (Å²) in [5.74, 6) is 0.0612. The topological polar surface area (TPSA) is 86.7 Å². The second kappa shape index (κ2) is 21.5. The molecule has 0 unspecified atom stereocenters. The molecule has 0 fully saturated rings. The van der Waals surface area contributed by atoms with Crippen LogP contribution in [-0.2, 0) is 21.3 Å². The van der Waals surface area contributed by atoms with Crippen LogP contribution in [0.25, 0.3) is 0 Å². The summed E-state index contributed by atoms with van der Waals surface area (Å²) >= 11 is 0. The first-order valence-corrected chi connectivity index (χ1v) is 17.2. The summed E-state index contributed by atoms with van der Waals surface area (Å²) in [5, 5.41) is 3.00. The van der Waals surface area contributed by atoms with Crippen LogP contribution in [0.15, 0.2) is 47.4 Å². The van der Waals surface area contributed by atoms with Crippen molar-refractivity contribution < 1.29 is 17.8 Å². The van der Waals surface area contributed by atoms with Gasteiger partial charge in [0.1, 0.15) is 0 Å². The second-order valence-electron chi connectivity index (χ2n) is 11.0. The number of unbranched alkanes of at least 4 members (excludes halogenated alkanes) is 11. The zero-order chi connectivity index (χ0) is 30.5. The lowest BCUT2D eigenvalue weighted by atomic mass is 10.0. The highest BCUT2D eigenvalue weighted by atomic mass is 32.2. The number of nitrogens with zero attached hydrogens (tertiary/aromatic N) is 1. The molecule has 0 atom stereocenters. The zero-order valence-electron chi connectivity index (χ0n) is 26.4. The molecule has 0 saturated carbocycles. The maximum atomic E-state index is 11.9. The van der Waals surface area contributed by atoms with Crippen LogP contribution in [0.4, 0.5) is 5.69 Å². The number of benzene rings is 2. The summed E-state index contributed by atoms with van der Waals surface area (Å²) in [6.45, 7) is 12.7. The highest BCUT2D eigenvalue weighted by molar-refractivity contribution is 7.85. The molecule has 0 aliphatic rings. The smallest absolute Gasteiger partial charge is 0.294 e. The lowest BCUT2D eigenvalue weighted by Gasteiger charge is -2.18. The molecule has 0 aromatic heterocycles. The van der Waals surface area contributed by atoms with E-state index in [9.17, 15) is 13.2 Å². The highest BCUT2D eigenvalue weighted by Gasteiger charge is 2.10. The summed E-state index contributed by atoms with van der Waals surface area (Å²) in [7, 11) is -4.07. The Bertz CT molecular complexity index is 1060. The summed E-state index contributed by atoms with van der Waals surface area (Å²) in [6.07, 6.45) is 17.0. The molecule has 0 spiro atoms. The van der Waals surface area contributed by atoms with E-state index in [0.717, 1.165) is 48.3 Å². The molecule has 7 heteroatoms. The summed E-state index contributed by atoms with van der Waals surface area (Å²) in [5.41, 5.74) is 4.30. The minimum Gasteiger partial charge on any atom is -0.324 e. The van der Waals surface area contributed by atoms with Gasteiger partial charge in [0.2, 0.25) is 5.91 Å². The van der Waals surface area contributed by atoms with Crippen molar-refractivity contribution in [1.29, 1.82) is 0 Å². The van der Waals surface area contributed by atoms with E-state index in [1.165, 1.54) is 82.8 Å². The van der Waals surface area contributed by atoms with E-state index >= 15 is 0 Å². The average molecular weight is 589 g/mol. The standard InChI is InChI=1S/C20H34O3S.C14H22N2O/c1-2-3-4-5-6-7-8-9-10-11-12-13-14-19-15-17-20(18-16-19)24(21,22)23;1-5-16(6-2)10-13(17)15-14-11(3)8-7-9-12(14)4/h15-18H,2-14H2,1H3,(H,21,22,23);7-9H,5-6,10H2,1-4H3,(H,15,17). The first-order chi connectivity index (χ1) is 19.6. The van der Waals surface area contributed by atoms with Gasteiger partial charge >= 0.3 is 0 Å².